The molecule has 0 spiro atoms. The van der Waals surface area contributed by atoms with E-state index in [1.807, 2.05) is 36.5 Å². The van der Waals surface area contributed by atoms with E-state index in [0.717, 1.165) is 48.3 Å². The lowest BCUT2D eigenvalue weighted by Crippen LogP contribution is -2.48. The molecule has 0 unspecified atom stereocenters. The molecule has 3 aromatic carbocycles. The lowest BCUT2D eigenvalue weighted by Gasteiger charge is -2.25. The molecule has 0 fully saturated rings. The number of halogens is 2. The Bertz CT molecular complexity index is 1380. The number of rotatable bonds is 13. The highest BCUT2D eigenvalue weighted by Crippen LogP contribution is 2.19. The number of aliphatic hydroxyl groups excluding tert-OH is 1. The molecule has 4 rings (SSSR count). The summed E-state index contributed by atoms with van der Waals surface area (Å²) >= 11 is 0. The van der Waals surface area contributed by atoms with E-state index in [-0.39, 0.29) is 18.9 Å². The van der Waals surface area contributed by atoms with E-state index in [0.29, 0.717) is 17.7 Å². The van der Waals surface area contributed by atoms with Crippen LogP contribution < -0.4 is 10.6 Å². The van der Waals surface area contributed by atoms with Gasteiger partial charge in [-0.05, 0) is 72.4 Å². The Morgan fingerprint density at radius 2 is 1.72 bits per heavy atom. The van der Waals surface area contributed by atoms with Crippen LogP contribution in [-0.4, -0.2) is 34.3 Å². The van der Waals surface area contributed by atoms with E-state index in [1.54, 1.807) is 6.07 Å². The van der Waals surface area contributed by atoms with Crippen LogP contribution in [0.2, 0.25) is 0 Å². The Morgan fingerprint density at radius 3 is 2.46 bits per heavy atom. The number of benzene rings is 3. The zero-order valence-corrected chi connectivity index (χ0v) is 22.6. The molecule has 0 saturated heterocycles. The van der Waals surface area contributed by atoms with E-state index < -0.39 is 23.8 Å². The minimum atomic E-state index is -0.992. The van der Waals surface area contributed by atoms with Crippen LogP contribution in [0.4, 0.5) is 8.78 Å². The molecule has 1 aromatic heterocycles. The molecule has 1 amide bonds. The maximum atomic E-state index is 13.9. The summed E-state index contributed by atoms with van der Waals surface area (Å²) < 4.78 is 29.9. The number of nitrogens with zero attached hydrogens (tertiary/aromatic N) is 1. The molecule has 7 heteroatoms. The van der Waals surface area contributed by atoms with Crippen LogP contribution >= 0.6 is 0 Å². The number of carbonyl (C=O) groups is 1. The van der Waals surface area contributed by atoms with Gasteiger partial charge in [-0.3, -0.25) is 4.79 Å². The maximum Gasteiger partial charge on any atom is 0.251 e. The van der Waals surface area contributed by atoms with Gasteiger partial charge in [0, 0.05) is 48.4 Å². The van der Waals surface area contributed by atoms with Crippen molar-refractivity contribution in [1.29, 1.82) is 0 Å². The summed E-state index contributed by atoms with van der Waals surface area (Å²) in [5.74, 6) is -1.75. The third-order valence-electron chi connectivity index (χ3n) is 7.03. The average Bonchev–Trinajstić information content (AvgIpc) is 3.33. The molecule has 2 atom stereocenters. The number of amides is 1. The Balaban J connectivity index is 1.48. The van der Waals surface area contributed by atoms with Crippen LogP contribution in [0.15, 0.2) is 72.9 Å². The molecule has 1 heterocycles. The van der Waals surface area contributed by atoms with E-state index >= 15 is 0 Å². The van der Waals surface area contributed by atoms with Gasteiger partial charge in [0.05, 0.1) is 12.1 Å². The number of nitrogens with one attached hydrogen (secondary N) is 2. The summed E-state index contributed by atoms with van der Waals surface area (Å²) in [6.45, 7) is 5.90. The van der Waals surface area contributed by atoms with Gasteiger partial charge in [0.15, 0.2) is 0 Å². The Kier molecular flexibility index (Phi) is 9.85. The van der Waals surface area contributed by atoms with Gasteiger partial charge in [-0.1, -0.05) is 44.5 Å². The number of aliphatic hydroxyl groups is 1. The normalized spacial score (nSPS) is 12.9. The van der Waals surface area contributed by atoms with Crippen molar-refractivity contribution in [2.45, 2.75) is 64.8 Å². The van der Waals surface area contributed by atoms with Gasteiger partial charge in [-0.15, -0.1) is 0 Å². The Morgan fingerprint density at radius 1 is 0.949 bits per heavy atom. The van der Waals surface area contributed by atoms with Crippen molar-refractivity contribution in [2.75, 3.05) is 6.54 Å². The summed E-state index contributed by atoms with van der Waals surface area (Å²) in [7, 11) is 0. The van der Waals surface area contributed by atoms with E-state index in [4.69, 9.17) is 0 Å². The number of carbonyl (C=O) groups excluding carboxylic acids is 1. The number of aromatic nitrogens is 1. The van der Waals surface area contributed by atoms with Crippen molar-refractivity contribution in [3.63, 3.8) is 0 Å². The van der Waals surface area contributed by atoms with Crippen LogP contribution in [0.3, 0.4) is 0 Å². The van der Waals surface area contributed by atoms with Crippen LogP contribution in [0.25, 0.3) is 10.9 Å². The molecule has 0 saturated carbocycles. The van der Waals surface area contributed by atoms with Gasteiger partial charge in [0.2, 0.25) is 0 Å². The van der Waals surface area contributed by atoms with E-state index in [2.05, 4.69) is 41.2 Å². The van der Waals surface area contributed by atoms with Crippen LogP contribution in [-0.2, 0) is 25.9 Å². The monoisotopic (exact) mass is 533 g/mol. The first-order valence-electron chi connectivity index (χ1n) is 13.7. The predicted octanol–water partition coefficient (Wildman–Crippen LogP) is 5.77. The summed E-state index contributed by atoms with van der Waals surface area (Å²) in [6, 6.07) is 18.2. The second kappa shape index (κ2) is 13.5. The van der Waals surface area contributed by atoms with Crippen molar-refractivity contribution in [1.82, 2.24) is 15.2 Å². The fourth-order valence-corrected chi connectivity index (χ4v) is 4.85. The molecule has 0 bridgehead atoms. The fourth-order valence-electron chi connectivity index (χ4n) is 4.85. The number of aryl methyl sites for hydroxylation is 2. The Hall–Kier alpha value is -3.55. The molecule has 206 valence electrons. The molecule has 0 aliphatic carbocycles. The number of fused-ring (bicyclic) bond motifs is 1. The highest BCUT2D eigenvalue weighted by atomic mass is 19.1. The first-order chi connectivity index (χ1) is 18.9. The number of hydrogen-bond donors (Lipinski definition) is 3. The zero-order valence-electron chi connectivity index (χ0n) is 22.6. The van der Waals surface area contributed by atoms with Crippen molar-refractivity contribution in [3.8, 4) is 0 Å². The van der Waals surface area contributed by atoms with Crippen molar-refractivity contribution in [3.05, 3.63) is 107 Å². The largest absolute Gasteiger partial charge is 0.390 e. The lowest BCUT2D eigenvalue weighted by molar-refractivity contribution is 0.0830. The molecule has 3 N–H and O–H groups in total. The number of hydrogen-bond acceptors (Lipinski definition) is 3. The quantitative estimate of drug-likeness (QED) is 0.204. The average molecular weight is 534 g/mol. The summed E-state index contributed by atoms with van der Waals surface area (Å²) in [6.07, 6.45) is 4.21. The molecule has 39 heavy (non-hydrogen) atoms. The molecule has 4 aromatic rings. The standard InChI is InChI=1S/C32H37F2N3O2/c1-3-5-12-37-13-11-25-18-26(9-10-30(25)37)32(39)36-29(17-24-15-27(33)19-28(34)16-24)31(38)21-35-20-23-8-6-7-22(4-2)14-23/h6-11,13-16,18-19,29,31,35,38H,3-5,12,17,20-21H2,1-2H3,(H,36,39)/t29-,31-/m0/s1. The lowest BCUT2D eigenvalue weighted by atomic mass is 9.99. The molecule has 0 aliphatic rings. The summed E-state index contributed by atoms with van der Waals surface area (Å²) in [5, 5.41) is 18.2. The second-order valence-electron chi connectivity index (χ2n) is 10.1. The van der Waals surface area contributed by atoms with Gasteiger partial charge in [-0.25, -0.2) is 8.78 Å². The summed E-state index contributed by atoms with van der Waals surface area (Å²) in [4.78, 5) is 13.3. The van der Waals surface area contributed by atoms with Crippen molar-refractivity contribution >= 4 is 16.8 Å². The molecule has 0 aliphatic heterocycles. The molecular weight excluding hydrogens is 496 g/mol. The highest BCUT2D eigenvalue weighted by Gasteiger charge is 2.23. The van der Waals surface area contributed by atoms with E-state index in [1.165, 1.54) is 17.7 Å². The SMILES string of the molecule is CCCCn1ccc2cc(C(=O)N[C@@H](Cc3cc(F)cc(F)c3)[C@@H](O)CNCc3cccc(CC)c3)ccc21. The smallest absolute Gasteiger partial charge is 0.251 e. The molecular formula is C32H37F2N3O2. The predicted molar refractivity (Wildman–Crippen MR) is 152 cm³/mol. The number of unbranched alkanes of at least 4 members (excludes halogenated alkanes) is 1. The van der Waals surface area contributed by atoms with E-state index in [9.17, 15) is 18.7 Å². The third kappa shape index (κ3) is 7.74. The van der Waals surface area contributed by atoms with Crippen LogP contribution in [0.5, 0.6) is 0 Å². The summed E-state index contributed by atoms with van der Waals surface area (Å²) in [5.41, 5.74) is 4.20. The zero-order chi connectivity index (χ0) is 27.8. The minimum absolute atomic E-state index is 0.0736. The first kappa shape index (κ1) is 28.5. The second-order valence-corrected chi connectivity index (χ2v) is 10.1. The third-order valence-corrected chi connectivity index (χ3v) is 7.03. The van der Waals surface area contributed by atoms with Gasteiger partial charge < -0.3 is 20.3 Å². The van der Waals surface area contributed by atoms with Crippen molar-refractivity contribution in [2.24, 2.45) is 0 Å². The van der Waals surface area contributed by atoms with Gasteiger partial charge in [-0.2, -0.15) is 0 Å². The Labute approximate surface area is 228 Å². The molecule has 5 nitrogen and oxygen atoms in total. The van der Waals surface area contributed by atoms with Gasteiger partial charge >= 0.3 is 0 Å². The van der Waals surface area contributed by atoms with Crippen molar-refractivity contribution < 1.29 is 18.7 Å². The molecule has 0 radical (unpaired) electrons. The first-order valence-corrected chi connectivity index (χ1v) is 13.7. The topological polar surface area (TPSA) is 66.3 Å². The van der Waals surface area contributed by atoms with Crippen LogP contribution in [0.1, 0.15) is 53.7 Å². The van der Waals surface area contributed by atoms with Gasteiger partial charge in [0.1, 0.15) is 11.6 Å². The van der Waals surface area contributed by atoms with Crippen LogP contribution in [0, 0.1) is 11.6 Å². The minimum Gasteiger partial charge on any atom is -0.390 e. The highest BCUT2D eigenvalue weighted by molar-refractivity contribution is 5.98. The maximum absolute atomic E-state index is 13.9. The fraction of sp³-hybridized carbons (Fsp3) is 0.344. The van der Waals surface area contributed by atoms with Gasteiger partial charge in [0.25, 0.3) is 5.91 Å².